The molecule has 0 saturated heterocycles. The molecule has 35 heavy (non-hydrogen) atoms. The average molecular weight is 548 g/mol. The molecule has 1 aliphatic heterocycles. The Morgan fingerprint density at radius 3 is 2.69 bits per heavy atom. The van der Waals surface area contributed by atoms with Crippen molar-refractivity contribution < 1.29 is 28.5 Å². The summed E-state index contributed by atoms with van der Waals surface area (Å²) in [5.74, 6) is 1.25. The minimum absolute atomic E-state index is 0.118. The van der Waals surface area contributed by atoms with E-state index in [1.807, 2.05) is 19.9 Å². The zero-order chi connectivity index (χ0) is 25.4. The molecule has 9 nitrogen and oxygen atoms in total. The molecule has 2 aromatic carbocycles. The van der Waals surface area contributed by atoms with Crippen molar-refractivity contribution >= 4 is 34.0 Å². The number of carbonyl (C=O) groups is 2. The lowest BCUT2D eigenvalue weighted by molar-refractivity contribution is -0.123. The standard InChI is InChI=1S/C25H30BrN3O6/c1-5-6-9-33-23-18(26)10-16(11-21(23)32-4)13-27-29-25(31)22(15(2)3)28-24(30)17-7-8-19-20(12-17)35-14-34-19/h7-8,10-13,15,22H,5-6,9,14H2,1-4H3,(H,28,30)(H,29,31)/b27-13+. The Morgan fingerprint density at radius 2 is 1.97 bits per heavy atom. The maximum atomic E-state index is 12.8. The van der Waals surface area contributed by atoms with E-state index in [-0.39, 0.29) is 12.7 Å². The van der Waals surface area contributed by atoms with E-state index in [0.717, 1.165) is 17.3 Å². The van der Waals surface area contributed by atoms with Crippen molar-refractivity contribution in [3.8, 4) is 23.0 Å². The molecular formula is C25H30BrN3O6. The van der Waals surface area contributed by atoms with Gasteiger partial charge < -0.3 is 24.3 Å². The number of halogens is 1. The predicted octanol–water partition coefficient (Wildman–Crippen LogP) is 4.27. The smallest absolute Gasteiger partial charge is 0.262 e. The van der Waals surface area contributed by atoms with Gasteiger partial charge in [0.2, 0.25) is 6.79 Å². The summed E-state index contributed by atoms with van der Waals surface area (Å²) in [7, 11) is 1.56. The maximum Gasteiger partial charge on any atom is 0.262 e. The molecule has 1 aliphatic rings. The summed E-state index contributed by atoms with van der Waals surface area (Å²) in [4.78, 5) is 25.5. The van der Waals surface area contributed by atoms with Crippen LogP contribution in [0.4, 0.5) is 0 Å². The maximum absolute atomic E-state index is 12.8. The number of methoxy groups -OCH3 is 1. The lowest BCUT2D eigenvalue weighted by Crippen LogP contribution is -2.48. The van der Waals surface area contributed by atoms with Crippen molar-refractivity contribution in [1.29, 1.82) is 0 Å². The number of hydrazone groups is 1. The lowest BCUT2D eigenvalue weighted by Gasteiger charge is -2.20. The number of carbonyl (C=O) groups excluding carboxylic acids is 2. The highest BCUT2D eigenvalue weighted by Crippen LogP contribution is 2.36. The molecule has 0 aromatic heterocycles. The molecule has 3 rings (SSSR count). The van der Waals surface area contributed by atoms with Crippen LogP contribution in [0.15, 0.2) is 39.9 Å². The fourth-order valence-electron chi connectivity index (χ4n) is 3.31. The lowest BCUT2D eigenvalue weighted by atomic mass is 10.0. The average Bonchev–Trinajstić information content (AvgIpc) is 3.31. The fourth-order valence-corrected chi connectivity index (χ4v) is 3.88. The van der Waals surface area contributed by atoms with Crippen molar-refractivity contribution in [2.75, 3.05) is 20.5 Å². The first-order valence-corrected chi connectivity index (χ1v) is 12.2. The van der Waals surface area contributed by atoms with E-state index in [1.54, 1.807) is 31.4 Å². The van der Waals surface area contributed by atoms with Gasteiger partial charge in [0.1, 0.15) is 6.04 Å². The van der Waals surface area contributed by atoms with Crippen molar-refractivity contribution in [3.05, 3.63) is 45.9 Å². The molecule has 2 N–H and O–H groups in total. The number of amides is 2. The summed E-state index contributed by atoms with van der Waals surface area (Å²) in [6.45, 7) is 6.48. The summed E-state index contributed by atoms with van der Waals surface area (Å²) in [5.41, 5.74) is 3.57. The van der Waals surface area contributed by atoms with Gasteiger partial charge in [-0.15, -0.1) is 0 Å². The molecule has 1 unspecified atom stereocenters. The highest BCUT2D eigenvalue weighted by molar-refractivity contribution is 9.10. The molecule has 1 heterocycles. The van der Waals surface area contributed by atoms with Gasteiger partial charge in [-0.2, -0.15) is 5.10 Å². The van der Waals surface area contributed by atoms with Gasteiger partial charge in [0.25, 0.3) is 11.8 Å². The minimum atomic E-state index is -0.791. The van der Waals surface area contributed by atoms with Gasteiger partial charge in [-0.3, -0.25) is 9.59 Å². The van der Waals surface area contributed by atoms with Crippen LogP contribution in [0.5, 0.6) is 23.0 Å². The van der Waals surface area contributed by atoms with Gasteiger partial charge in [0, 0.05) is 5.56 Å². The summed E-state index contributed by atoms with van der Waals surface area (Å²) >= 11 is 3.50. The molecule has 0 bridgehead atoms. The summed E-state index contributed by atoms with van der Waals surface area (Å²) in [5, 5.41) is 6.83. The molecule has 10 heteroatoms. The van der Waals surface area contributed by atoms with Gasteiger partial charge >= 0.3 is 0 Å². The number of unbranched alkanes of at least 4 members (excludes halogenated alkanes) is 1. The summed E-state index contributed by atoms with van der Waals surface area (Å²) < 4.78 is 22.6. The zero-order valence-electron chi connectivity index (χ0n) is 20.2. The van der Waals surface area contributed by atoms with Gasteiger partial charge in [0.15, 0.2) is 23.0 Å². The Kier molecular flexibility index (Phi) is 9.36. The highest BCUT2D eigenvalue weighted by atomic mass is 79.9. The van der Waals surface area contributed by atoms with Gasteiger partial charge in [-0.05, 0) is 64.2 Å². The Morgan fingerprint density at radius 1 is 1.20 bits per heavy atom. The number of hydrogen-bond donors (Lipinski definition) is 2. The third kappa shape index (κ3) is 6.88. The topological polar surface area (TPSA) is 107 Å². The SMILES string of the molecule is CCCCOc1c(Br)cc(/C=N/NC(=O)C(NC(=O)c2ccc3c(c2)OCO3)C(C)C)cc1OC. The first-order valence-electron chi connectivity index (χ1n) is 11.4. The van der Waals surface area contributed by atoms with Crippen molar-refractivity contribution in [1.82, 2.24) is 10.7 Å². The second-order valence-electron chi connectivity index (χ2n) is 8.23. The van der Waals surface area contributed by atoms with E-state index in [9.17, 15) is 9.59 Å². The van der Waals surface area contributed by atoms with Crippen LogP contribution in [0, 0.1) is 5.92 Å². The van der Waals surface area contributed by atoms with Gasteiger partial charge in [0.05, 0.1) is 24.4 Å². The molecule has 1 atom stereocenters. The van der Waals surface area contributed by atoms with Crippen LogP contribution in [0.1, 0.15) is 49.5 Å². The Bertz CT molecular complexity index is 1090. The van der Waals surface area contributed by atoms with Crippen molar-refractivity contribution in [2.45, 2.75) is 39.7 Å². The fraction of sp³-hybridized carbons (Fsp3) is 0.400. The molecule has 0 radical (unpaired) electrons. The number of nitrogens with zero attached hydrogens (tertiary/aromatic N) is 1. The molecule has 0 spiro atoms. The van der Waals surface area contributed by atoms with Crippen LogP contribution < -0.4 is 29.7 Å². The van der Waals surface area contributed by atoms with E-state index >= 15 is 0 Å². The van der Waals surface area contributed by atoms with Crippen molar-refractivity contribution in [3.63, 3.8) is 0 Å². The van der Waals surface area contributed by atoms with E-state index in [0.29, 0.717) is 40.7 Å². The van der Waals surface area contributed by atoms with Crippen LogP contribution >= 0.6 is 15.9 Å². The van der Waals surface area contributed by atoms with Crippen LogP contribution in [0.3, 0.4) is 0 Å². The summed E-state index contributed by atoms with van der Waals surface area (Å²) in [6, 6.07) is 7.67. The second-order valence-corrected chi connectivity index (χ2v) is 9.09. The number of ether oxygens (including phenoxy) is 4. The number of rotatable bonds is 11. The van der Waals surface area contributed by atoms with Gasteiger partial charge in [-0.25, -0.2) is 5.43 Å². The van der Waals surface area contributed by atoms with E-state index in [1.165, 1.54) is 6.21 Å². The Hall–Kier alpha value is -3.27. The minimum Gasteiger partial charge on any atom is -0.493 e. The molecule has 2 aromatic rings. The van der Waals surface area contributed by atoms with Crippen LogP contribution in [0.2, 0.25) is 0 Å². The first-order chi connectivity index (χ1) is 16.8. The quantitative estimate of drug-likeness (QED) is 0.247. The van der Waals surface area contributed by atoms with E-state index in [2.05, 4.69) is 38.7 Å². The number of hydrogen-bond acceptors (Lipinski definition) is 7. The van der Waals surface area contributed by atoms with Crippen LogP contribution in [0.25, 0.3) is 0 Å². The molecule has 2 amide bonds. The molecule has 0 saturated carbocycles. The molecular weight excluding hydrogens is 518 g/mol. The second kappa shape index (κ2) is 12.4. The monoisotopic (exact) mass is 547 g/mol. The predicted molar refractivity (Wildman–Crippen MR) is 135 cm³/mol. The number of benzene rings is 2. The zero-order valence-corrected chi connectivity index (χ0v) is 21.8. The normalized spacial score (nSPS) is 13.1. The third-order valence-electron chi connectivity index (χ3n) is 5.25. The number of nitrogens with one attached hydrogen (secondary N) is 2. The van der Waals surface area contributed by atoms with Gasteiger partial charge in [-0.1, -0.05) is 27.2 Å². The third-order valence-corrected chi connectivity index (χ3v) is 5.84. The molecule has 188 valence electrons. The first kappa shape index (κ1) is 26.3. The highest BCUT2D eigenvalue weighted by Gasteiger charge is 2.25. The molecule has 0 aliphatic carbocycles. The van der Waals surface area contributed by atoms with E-state index in [4.69, 9.17) is 18.9 Å². The summed E-state index contributed by atoms with van der Waals surface area (Å²) in [6.07, 6.45) is 3.46. The largest absolute Gasteiger partial charge is 0.493 e. The van der Waals surface area contributed by atoms with E-state index < -0.39 is 17.9 Å². The molecule has 0 fully saturated rings. The Labute approximate surface area is 213 Å². The number of fused-ring (bicyclic) bond motifs is 1. The van der Waals surface area contributed by atoms with Crippen LogP contribution in [-0.4, -0.2) is 44.6 Å². The Balaban J connectivity index is 1.64. The van der Waals surface area contributed by atoms with Crippen molar-refractivity contribution in [2.24, 2.45) is 11.0 Å². The van der Waals surface area contributed by atoms with Crippen LogP contribution in [-0.2, 0) is 4.79 Å².